The Hall–Kier alpha value is -3.38. The Morgan fingerprint density at radius 1 is 1.23 bits per heavy atom. The van der Waals surface area contributed by atoms with Crippen LogP contribution in [-0.4, -0.2) is 64.6 Å². The van der Waals surface area contributed by atoms with Gasteiger partial charge in [-0.1, -0.05) is 23.5 Å². The maximum atomic E-state index is 12.7. The van der Waals surface area contributed by atoms with Gasteiger partial charge in [0.05, 0.1) is 19.5 Å². The molecule has 2 atom stereocenters. The molecular formula is C19H22N8O3S. The summed E-state index contributed by atoms with van der Waals surface area (Å²) >= 11 is 1.27. The van der Waals surface area contributed by atoms with E-state index in [4.69, 9.17) is 9.47 Å². The molecule has 0 aliphatic carbocycles. The summed E-state index contributed by atoms with van der Waals surface area (Å²) in [7, 11) is 3.05. The predicted molar refractivity (Wildman–Crippen MR) is 115 cm³/mol. The van der Waals surface area contributed by atoms with Gasteiger partial charge in [-0.3, -0.25) is 10.1 Å². The largest absolute Gasteiger partial charge is 0.497 e. The van der Waals surface area contributed by atoms with E-state index in [9.17, 15) is 4.79 Å². The fourth-order valence-electron chi connectivity index (χ4n) is 3.32. The van der Waals surface area contributed by atoms with E-state index in [1.807, 2.05) is 6.07 Å². The number of methoxy groups -OCH3 is 2. The van der Waals surface area contributed by atoms with Crippen LogP contribution in [-0.2, 0) is 9.53 Å². The quantitative estimate of drug-likeness (QED) is 0.532. The first kappa shape index (κ1) is 20.9. The lowest BCUT2D eigenvalue weighted by Crippen LogP contribution is -2.27. The van der Waals surface area contributed by atoms with Crippen LogP contribution in [0.5, 0.6) is 5.75 Å². The first-order valence-electron chi connectivity index (χ1n) is 9.62. The van der Waals surface area contributed by atoms with Crippen molar-refractivity contribution in [1.82, 2.24) is 25.4 Å². The molecule has 2 N–H and O–H groups in total. The van der Waals surface area contributed by atoms with Crippen molar-refractivity contribution in [3.63, 3.8) is 0 Å². The summed E-state index contributed by atoms with van der Waals surface area (Å²) in [6.07, 6.45) is 3.29. The zero-order valence-electron chi connectivity index (χ0n) is 17.1. The molecule has 11 nitrogen and oxygen atoms in total. The number of rotatable bonds is 8. The molecule has 1 aliphatic rings. The number of carbonyl (C=O) groups excluding carboxylic acids is 1. The second-order valence-corrected chi connectivity index (χ2v) is 7.79. The minimum absolute atomic E-state index is 0.170. The Morgan fingerprint density at radius 2 is 2.10 bits per heavy atom. The summed E-state index contributed by atoms with van der Waals surface area (Å²) in [5, 5.41) is 23.3. The van der Waals surface area contributed by atoms with Gasteiger partial charge in [0.1, 0.15) is 5.75 Å². The Morgan fingerprint density at radius 3 is 2.87 bits per heavy atom. The maximum absolute atomic E-state index is 12.7. The molecule has 0 spiro atoms. The average molecular weight is 443 g/mol. The average Bonchev–Trinajstić information content (AvgIpc) is 3.45. The number of anilines is 3. The van der Waals surface area contributed by atoms with Crippen molar-refractivity contribution in [1.29, 1.82) is 0 Å². The predicted octanol–water partition coefficient (Wildman–Crippen LogP) is 1.75. The fraction of sp³-hybridized carbons (Fsp3) is 0.368. The van der Waals surface area contributed by atoms with Crippen molar-refractivity contribution in [3.05, 3.63) is 42.2 Å². The first-order valence-corrected chi connectivity index (χ1v) is 10.4. The fourth-order valence-corrected chi connectivity index (χ4v) is 4.05. The molecule has 162 valence electrons. The molecule has 2 aromatic heterocycles. The summed E-state index contributed by atoms with van der Waals surface area (Å²) in [4.78, 5) is 19.0. The molecule has 4 rings (SSSR count). The van der Waals surface area contributed by atoms with Gasteiger partial charge >= 0.3 is 0 Å². The van der Waals surface area contributed by atoms with Gasteiger partial charge < -0.3 is 19.7 Å². The molecule has 0 radical (unpaired) electrons. The molecule has 31 heavy (non-hydrogen) atoms. The first-order chi connectivity index (χ1) is 15.2. The van der Waals surface area contributed by atoms with Crippen LogP contribution in [0.3, 0.4) is 0 Å². The van der Waals surface area contributed by atoms with Gasteiger partial charge in [-0.15, -0.1) is 15.3 Å². The third-order valence-electron chi connectivity index (χ3n) is 4.79. The summed E-state index contributed by atoms with van der Waals surface area (Å²) < 4.78 is 10.6. The van der Waals surface area contributed by atoms with E-state index in [0.717, 1.165) is 19.5 Å². The highest BCUT2D eigenvalue weighted by Gasteiger charge is 2.26. The lowest BCUT2D eigenvalue weighted by Gasteiger charge is -2.15. The van der Waals surface area contributed by atoms with Crippen LogP contribution in [0.4, 0.5) is 16.2 Å². The van der Waals surface area contributed by atoms with E-state index >= 15 is 0 Å². The van der Waals surface area contributed by atoms with E-state index in [-0.39, 0.29) is 11.9 Å². The zero-order valence-corrected chi connectivity index (χ0v) is 17.9. The molecule has 1 aliphatic heterocycles. The SMILES string of the molecule is COc1cccc(C(OC)C(=O)Nc2nnc(NC3CCN(c4nccnn4)C3)s2)c1. The summed E-state index contributed by atoms with van der Waals surface area (Å²) in [6, 6.07) is 7.35. The van der Waals surface area contributed by atoms with E-state index in [2.05, 4.69) is 40.9 Å². The Kier molecular flexibility index (Phi) is 6.48. The van der Waals surface area contributed by atoms with Crippen molar-refractivity contribution in [2.45, 2.75) is 18.6 Å². The van der Waals surface area contributed by atoms with Crippen LogP contribution >= 0.6 is 11.3 Å². The number of nitrogens with one attached hydrogen (secondary N) is 2. The molecule has 1 amide bonds. The summed E-state index contributed by atoms with van der Waals surface area (Å²) in [5.41, 5.74) is 0.686. The highest BCUT2D eigenvalue weighted by molar-refractivity contribution is 7.19. The van der Waals surface area contributed by atoms with Gasteiger partial charge in [-0.05, 0) is 24.1 Å². The number of ether oxygens (including phenoxy) is 2. The van der Waals surface area contributed by atoms with E-state index < -0.39 is 6.10 Å². The third kappa shape index (κ3) is 5.03. The number of nitrogens with zero attached hydrogens (tertiary/aromatic N) is 6. The van der Waals surface area contributed by atoms with Crippen molar-refractivity contribution in [3.8, 4) is 5.75 Å². The van der Waals surface area contributed by atoms with Gasteiger partial charge in [0.2, 0.25) is 16.2 Å². The monoisotopic (exact) mass is 442 g/mol. The smallest absolute Gasteiger partial charge is 0.259 e. The number of aromatic nitrogens is 5. The van der Waals surface area contributed by atoms with Crippen LogP contribution in [0.15, 0.2) is 36.7 Å². The number of benzene rings is 1. The van der Waals surface area contributed by atoms with E-state index in [1.54, 1.807) is 37.7 Å². The van der Waals surface area contributed by atoms with Gasteiger partial charge in [0, 0.05) is 26.2 Å². The molecule has 3 heterocycles. The second kappa shape index (κ2) is 9.62. The Bertz CT molecular complexity index is 1020. The molecule has 0 saturated carbocycles. The molecule has 1 fully saturated rings. The number of amides is 1. The van der Waals surface area contributed by atoms with Crippen LogP contribution in [0.25, 0.3) is 0 Å². The van der Waals surface area contributed by atoms with Gasteiger partial charge in [-0.2, -0.15) is 5.10 Å². The van der Waals surface area contributed by atoms with Gasteiger partial charge in [0.15, 0.2) is 6.10 Å². The molecule has 3 aromatic rings. The molecule has 1 aromatic carbocycles. The molecule has 2 unspecified atom stereocenters. The van der Waals surface area contributed by atoms with Crippen LogP contribution in [0.1, 0.15) is 18.1 Å². The number of carbonyl (C=O) groups is 1. The van der Waals surface area contributed by atoms with Gasteiger partial charge in [0.25, 0.3) is 5.91 Å². The number of hydrogen-bond donors (Lipinski definition) is 2. The van der Waals surface area contributed by atoms with Crippen molar-refractivity contribution in [2.24, 2.45) is 0 Å². The molecular weight excluding hydrogens is 420 g/mol. The van der Waals surface area contributed by atoms with E-state index in [1.165, 1.54) is 18.4 Å². The van der Waals surface area contributed by atoms with E-state index in [0.29, 0.717) is 27.5 Å². The van der Waals surface area contributed by atoms with Crippen molar-refractivity contribution in [2.75, 3.05) is 42.8 Å². The van der Waals surface area contributed by atoms with Crippen LogP contribution in [0.2, 0.25) is 0 Å². The zero-order chi connectivity index (χ0) is 21.6. The normalized spacial score (nSPS) is 16.7. The van der Waals surface area contributed by atoms with Crippen LogP contribution < -0.4 is 20.3 Å². The van der Waals surface area contributed by atoms with Gasteiger partial charge in [-0.25, -0.2) is 4.98 Å². The maximum Gasteiger partial charge on any atom is 0.259 e. The Labute approximate surface area is 182 Å². The highest BCUT2D eigenvalue weighted by atomic mass is 32.1. The molecule has 12 heteroatoms. The summed E-state index contributed by atoms with van der Waals surface area (Å²) in [6.45, 7) is 1.55. The lowest BCUT2D eigenvalue weighted by molar-refractivity contribution is -0.126. The Balaban J connectivity index is 1.35. The standard InChI is InChI=1S/C19H22N8O3S/c1-29-14-5-3-4-12(10-14)15(30-2)16(28)23-19-26-25-18(31-19)22-13-6-9-27(11-13)17-20-7-8-21-24-17/h3-5,7-8,10,13,15H,6,9,11H2,1-2H3,(H,22,25)(H,23,26,28). The number of hydrogen-bond acceptors (Lipinski definition) is 11. The summed E-state index contributed by atoms with van der Waals surface area (Å²) in [5.74, 6) is 0.927. The highest BCUT2D eigenvalue weighted by Crippen LogP contribution is 2.27. The molecule has 1 saturated heterocycles. The van der Waals surface area contributed by atoms with Crippen molar-refractivity contribution < 1.29 is 14.3 Å². The minimum Gasteiger partial charge on any atom is -0.497 e. The molecule has 0 bridgehead atoms. The van der Waals surface area contributed by atoms with Crippen LogP contribution in [0, 0.1) is 0 Å². The lowest BCUT2D eigenvalue weighted by atomic mass is 10.1. The third-order valence-corrected chi connectivity index (χ3v) is 5.56. The second-order valence-electron chi connectivity index (χ2n) is 6.81. The van der Waals surface area contributed by atoms with Crippen molar-refractivity contribution >= 4 is 33.5 Å². The minimum atomic E-state index is -0.793. The topological polar surface area (TPSA) is 127 Å².